The summed E-state index contributed by atoms with van der Waals surface area (Å²) in [7, 11) is 0. The van der Waals surface area contributed by atoms with Crippen LogP contribution in [0.1, 0.15) is 22.4 Å². The van der Waals surface area contributed by atoms with E-state index in [2.05, 4.69) is 27.3 Å². The van der Waals surface area contributed by atoms with Crippen molar-refractivity contribution in [3.63, 3.8) is 0 Å². The van der Waals surface area contributed by atoms with E-state index < -0.39 is 0 Å². The lowest BCUT2D eigenvalue weighted by Gasteiger charge is -2.06. The van der Waals surface area contributed by atoms with Crippen LogP contribution in [0, 0.1) is 6.92 Å². The molecule has 0 spiro atoms. The van der Waals surface area contributed by atoms with Gasteiger partial charge >= 0.3 is 0 Å². The first-order chi connectivity index (χ1) is 14.1. The molecule has 7 nitrogen and oxygen atoms in total. The summed E-state index contributed by atoms with van der Waals surface area (Å²) in [5, 5.41) is 4.13. The molecule has 0 bridgehead atoms. The lowest BCUT2D eigenvalue weighted by molar-refractivity contribution is 0.294. The van der Waals surface area contributed by atoms with Crippen molar-refractivity contribution in [2.45, 2.75) is 20.0 Å². The smallest absolute Gasteiger partial charge is 0.213 e. The monoisotopic (exact) mass is 387 g/mol. The molecule has 1 aromatic carbocycles. The van der Waals surface area contributed by atoms with Crippen LogP contribution in [-0.2, 0) is 13.0 Å². The molecule has 0 amide bonds. The van der Waals surface area contributed by atoms with Gasteiger partial charge in [-0.15, -0.1) is 0 Å². The number of aromatic nitrogens is 3. The molecule has 4 N–H and O–H groups in total. The maximum absolute atomic E-state index is 5.91. The molecule has 0 saturated heterocycles. The van der Waals surface area contributed by atoms with Crippen molar-refractivity contribution >= 4 is 11.6 Å². The van der Waals surface area contributed by atoms with Crippen LogP contribution in [0.2, 0.25) is 0 Å². The number of anilines is 2. The van der Waals surface area contributed by atoms with Gasteiger partial charge in [0.2, 0.25) is 5.88 Å². The number of ether oxygens (including phenoxy) is 1. The molecular formula is C22H21N5O2. The fourth-order valence-electron chi connectivity index (χ4n) is 2.88. The topological polar surface area (TPSA) is 113 Å². The first-order valence-electron chi connectivity index (χ1n) is 9.18. The average Bonchev–Trinajstić information content (AvgIpc) is 3.17. The van der Waals surface area contributed by atoms with Gasteiger partial charge in [0.05, 0.1) is 11.3 Å². The Kier molecular flexibility index (Phi) is 5.11. The van der Waals surface area contributed by atoms with Gasteiger partial charge < -0.3 is 20.7 Å². The molecule has 3 aromatic heterocycles. The molecule has 4 aromatic rings. The number of pyridine rings is 2. The normalized spacial score (nSPS) is 10.8. The van der Waals surface area contributed by atoms with E-state index >= 15 is 0 Å². The summed E-state index contributed by atoms with van der Waals surface area (Å²) >= 11 is 0. The van der Waals surface area contributed by atoms with E-state index in [1.54, 1.807) is 18.3 Å². The molecule has 29 heavy (non-hydrogen) atoms. The summed E-state index contributed by atoms with van der Waals surface area (Å²) in [6, 6.07) is 17.3. The van der Waals surface area contributed by atoms with Gasteiger partial charge in [0, 0.05) is 24.8 Å². The first-order valence-corrected chi connectivity index (χ1v) is 9.18. The van der Waals surface area contributed by atoms with Crippen molar-refractivity contribution in [1.82, 2.24) is 15.1 Å². The molecule has 4 rings (SSSR count). The van der Waals surface area contributed by atoms with Crippen molar-refractivity contribution in [2.24, 2.45) is 0 Å². The third-order valence-electron chi connectivity index (χ3n) is 4.45. The predicted octanol–water partition coefficient (Wildman–Crippen LogP) is 3.77. The Balaban J connectivity index is 1.39. The molecule has 0 fully saturated rings. The highest BCUT2D eigenvalue weighted by Gasteiger charge is 2.11. The van der Waals surface area contributed by atoms with E-state index in [1.165, 1.54) is 0 Å². The largest absolute Gasteiger partial charge is 0.473 e. The number of nitrogens with zero attached hydrogens (tertiary/aromatic N) is 3. The molecule has 0 aliphatic heterocycles. The van der Waals surface area contributed by atoms with Crippen LogP contribution in [-0.4, -0.2) is 15.1 Å². The van der Waals surface area contributed by atoms with Gasteiger partial charge in [-0.3, -0.25) is 0 Å². The Bertz CT molecular complexity index is 1110. The Labute approximate surface area is 168 Å². The number of benzene rings is 1. The molecule has 146 valence electrons. The number of rotatable bonds is 6. The van der Waals surface area contributed by atoms with Gasteiger partial charge in [-0.05, 0) is 35.7 Å². The minimum absolute atomic E-state index is 0.320. The highest BCUT2D eigenvalue weighted by molar-refractivity contribution is 5.71. The summed E-state index contributed by atoms with van der Waals surface area (Å²) in [6.45, 7) is 2.46. The van der Waals surface area contributed by atoms with E-state index in [9.17, 15) is 0 Å². The maximum atomic E-state index is 5.91. The van der Waals surface area contributed by atoms with Gasteiger partial charge in [0.1, 0.15) is 18.2 Å². The zero-order chi connectivity index (χ0) is 20.2. The van der Waals surface area contributed by atoms with Crippen molar-refractivity contribution in [3.05, 3.63) is 83.2 Å². The summed E-state index contributed by atoms with van der Waals surface area (Å²) in [5.41, 5.74) is 16.3. The Morgan fingerprint density at radius 1 is 0.966 bits per heavy atom. The molecule has 0 saturated carbocycles. The van der Waals surface area contributed by atoms with Crippen LogP contribution in [0.4, 0.5) is 11.6 Å². The maximum Gasteiger partial charge on any atom is 0.213 e. The number of aryl methyl sites for hydroxylation is 1. The lowest BCUT2D eigenvalue weighted by Crippen LogP contribution is -1.98. The Morgan fingerprint density at radius 3 is 2.48 bits per heavy atom. The van der Waals surface area contributed by atoms with Crippen molar-refractivity contribution < 1.29 is 9.26 Å². The predicted molar refractivity (Wildman–Crippen MR) is 111 cm³/mol. The number of hydrogen-bond acceptors (Lipinski definition) is 7. The van der Waals surface area contributed by atoms with E-state index in [-0.39, 0.29) is 0 Å². The summed E-state index contributed by atoms with van der Waals surface area (Å²) in [4.78, 5) is 8.29. The van der Waals surface area contributed by atoms with Crippen molar-refractivity contribution in [3.8, 4) is 17.2 Å². The van der Waals surface area contributed by atoms with Gasteiger partial charge in [-0.2, -0.15) is 0 Å². The highest BCUT2D eigenvalue weighted by Crippen LogP contribution is 2.26. The average molecular weight is 387 g/mol. The third kappa shape index (κ3) is 4.52. The molecule has 0 radical (unpaired) electrons. The number of nitrogens with two attached hydrogens (primary N) is 2. The lowest BCUT2D eigenvalue weighted by atomic mass is 10.1. The van der Waals surface area contributed by atoms with Crippen LogP contribution in [0.25, 0.3) is 11.3 Å². The van der Waals surface area contributed by atoms with Crippen LogP contribution in [0.3, 0.4) is 0 Å². The van der Waals surface area contributed by atoms with E-state index in [0.29, 0.717) is 41.9 Å². The number of nitrogen functional groups attached to an aromatic ring is 2. The van der Waals surface area contributed by atoms with Crippen molar-refractivity contribution in [2.75, 3.05) is 11.5 Å². The van der Waals surface area contributed by atoms with Crippen LogP contribution >= 0.6 is 0 Å². The second-order valence-corrected chi connectivity index (χ2v) is 6.81. The second kappa shape index (κ2) is 8.02. The van der Waals surface area contributed by atoms with E-state index in [4.69, 9.17) is 20.7 Å². The molecule has 0 aliphatic carbocycles. The number of hydrogen-bond donors (Lipinski definition) is 2. The highest BCUT2D eigenvalue weighted by atomic mass is 16.5. The SMILES string of the molecule is Cc1ccc(OCc2ccc(Cc3cc(-c4ccc(N)nc4N)on3)cc2)nc1. The first kappa shape index (κ1) is 18.5. The zero-order valence-corrected chi connectivity index (χ0v) is 16.0. The van der Waals surface area contributed by atoms with Gasteiger partial charge in [-0.25, -0.2) is 9.97 Å². The van der Waals surface area contributed by atoms with E-state index in [0.717, 1.165) is 22.4 Å². The summed E-state index contributed by atoms with van der Waals surface area (Å²) < 4.78 is 11.1. The summed E-state index contributed by atoms with van der Waals surface area (Å²) in [6.07, 6.45) is 2.44. The van der Waals surface area contributed by atoms with Crippen LogP contribution in [0.5, 0.6) is 5.88 Å². The standard InChI is InChI=1S/C22H21N5O2/c1-14-2-9-21(25-12-14)28-13-16-5-3-15(4-6-16)10-17-11-19(29-27-17)18-7-8-20(23)26-22(18)24/h2-9,11-12H,10,13H2,1H3,(H4,23,24,26). The van der Waals surface area contributed by atoms with Crippen molar-refractivity contribution in [1.29, 1.82) is 0 Å². The molecule has 3 heterocycles. The Morgan fingerprint density at radius 2 is 1.76 bits per heavy atom. The molecule has 0 atom stereocenters. The molecule has 0 aliphatic rings. The quantitative estimate of drug-likeness (QED) is 0.517. The molecule has 0 unspecified atom stereocenters. The van der Waals surface area contributed by atoms with E-state index in [1.807, 2.05) is 37.3 Å². The van der Waals surface area contributed by atoms with Gasteiger partial charge in [0.15, 0.2) is 5.76 Å². The van der Waals surface area contributed by atoms with Crippen LogP contribution in [0.15, 0.2) is 65.3 Å². The second-order valence-electron chi connectivity index (χ2n) is 6.81. The van der Waals surface area contributed by atoms with Crippen LogP contribution < -0.4 is 16.2 Å². The minimum Gasteiger partial charge on any atom is -0.473 e. The third-order valence-corrected chi connectivity index (χ3v) is 4.45. The van der Waals surface area contributed by atoms with Gasteiger partial charge in [0.25, 0.3) is 0 Å². The fourth-order valence-corrected chi connectivity index (χ4v) is 2.88. The molecule has 7 heteroatoms. The Hall–Kier alpha value is -3.87. The fraction of sp³-hybridized carbons (Fsp3) is 0.136. The summed E-state index contributed by atoms with van der Waals surface area (Å²) in [5.74, 6) is 1.88. The minimum atomic E-state index is 0.320. The van der Waals surface area contributed by atoms with Gasteiger partial charge in [-0.1, -0.05) is 35.5 Å². The zero-order valence-electron chi connectivity index (χ0n) is 16.0. The molecular weight excluding hydrogens is 366 g/mol.